The lowest BCUT2D eigenvalue weighted by molar-refractivity contribution is -0.274. The van der Waals surface area contributed by atoms with Crippen molar-refractivity contribution in [1.82, 2.24) is 0 Å². The number of nitrogens with one attached hydrogen (secondary N) is 1. The molecule has 0 aliphatic carbocycles. The van der Waals surface area contributed by atoms with Gasteiger partial charge in [-0.05, 0) is 29.7 Å². The molecular weight excluding hydrogens is 295 g/mol. The molecule has 7 heteroatoms. The summed E-state index contributed by atoms with van der Waals surface area (Å²) >= 11 is 0. The van der Waals surface area contributed by atoms with Crippen LogP contribution in [-0.2, 0) is 0 Å². The third-order valence-electron chi connectivity index (χ3n) is 2.61. The molecule has 0 aliphatic heterocycles. The first-order chi connectivity index (χ1) is 10.0. The summed E-state index contributed by atoms with van der Waals surface area (Å²) in [6.45, 7) is 5.78. The number of hydrogen-bond acceptors (Lipinski definition) is 2. The van der Waals surface area contributed by atoms with E-state index in [0.29, 0.717) is 5.69 Å². The van der Waals surface area contributed by atoms with E-state index < -0.39 is 12.4 Å². The highest BCUT2D eigenvalue weighted by Crippen LogP contribution is 2.24. The average molecular weight is 313 g/mol. The van der Waals surface area contributed by atoms with E-state index in [2.05, 4.69) is 21.0 Å². The summed E-state index contributed by atoms with van der Waals surface area (Å²) < 4.78 is 39.9. The highest BCUT2D eigenvalue weighted by Gasteiger charge is 2.31. The first-order valence-corrected chi connectivity index (χ1v) is 6.43. The summed E-state index contributed by atoms with van der Waals surface area (Å²) in [6, 6.07) is 4.71. The second kappa shape index (κ2) is 6.60. The lowest BCUT2D eigenvalue weighted by atomic mass is 9.88. The van der Waals surface area contributed by atoms with Crippen molar-refractivity contribution >= 4 is 11.6 Å². The van der Waals surface area contributed by atoms with Gasteiger partial charge in [-0.1, -0.05) is 26.7 Å². The molecule has 0 heterocycles. The summed E-state index contributed by atoms with van der Waals surface area (Å²) in [5.41, 5.74) is 5.96. The van der Waals surface area contributed by atoms with Crippen molar-refractivity contribution in [3.8, 4) is 18.1 Å². The van der Waals surface area contributed by atoms with E-state index in [1.807, 2.05) is 20.8 Å². The molecule has 4 nitrogen and oxygen atoms in total. The monoisotopic (exact) mass is 313 g/mol. The van der Waals surface area contributed by atoms with Crippen LogP contribution in [0.25, 0.3) is 0 Å². The number of guanidine groups is 1. The molecule has 0 amide bonds. The molecule has 0 saturated heterocycles. The number of anilines is 1. The fraction of sp³-hybridized carbons (Fsp3) is 0.400. The zero-order valence-electron chi connectivity index (χ0n) is 12.5. The van der Waals surface area contributed by atoms with E-state index in [1.54, 1.807) is 0 Å². The zero-order valence-corrected chi connectivity index (χ0v) is 12.5. The number of nitrogens with two attached hydrogens (primary N) is 1. The van der Waals surface area contributed by atoms with Crippen LogP contribution in [0.15, 0.2) is 29.3 Å². The summed E-state index contributed by atoms with van der Waals surface area (Å²) in [4.78, 5) is 4.18. The fourth-order valence-electron chi connectivity index (χ4n) is 1.54. The number of ether oxygens (including phenoxy) is 1. The van der Waals surface area contributed by atoms with Crippen molar-refractivity contribution in [2.24, 2.45) is 16.1 Å². The molecule has 0 saturated carbocycles. The smallest absolute Gasteiger partial charge is 0.406 e. The van der Waals surface area contributed by atoms with Crippen LogP contribution < -0.4 is 15.8 Å². The van der Waals surface area contributed by atoms with Gasteiger partial charge in [0, 0.05) is 5.69 Å². The molecule has 1 atom stereocenters. The third kappa shape index (κ3) is 5.95. The maximum Gasteiger partial charge on any atom is 0.573 e. The van der Waals surface area contributed by atoms with Crippen molar-refractivity contribution in [1.29, 1.82) is 0 Å². The second-order valence-corrected chi connectivity index (χ2v) is 5.65. The highest BCUT2D eigenvalue weighted by molar-refractivity contribution is 5.92. The fourth-order valence-corrected chi connectivity index (χ4v) is 1.54. The van der Waals surface area contributed by atoms with Crippen LogP contribution in [0.4, 0.5) is 18.9 Å². The molecule has 0 radical (unpaired) electrons. The van der Waals surface area contributed by atoms with E-state index in [-0.39, 0.29) is 17.1 Å². The van der Waals surface area contributed by atoms with Crippen molar-refractivity contribution in [2.45, 2.75) is 33.2 Å². The lowest BCUT2D eigenvalue weighted by Crippen LogP contribution is -2.30. The van der Waals surface area contributed by atoms with E-state index in [0.717, 1.165) is 0 Å². The van der Waals surface area contributed by atoms with Crippen LogP contribution in [0.2, 0.25) is 0 Å². The van der Waals surface area contributed by atoms with Crippen LogP contribution in [0, 0.1) is 17.8 Å². The number of halogens is 3. The van der Waals surface area contributed by atoms with Crippen LogP contribution in [-0.4, -0.2) is 18.4 Å². The highest BCUT2D eigenvalue weighted by atomic mass is 19.4. The largest absolute Gasteiger partial charge is 0.573 e. The van der Waals surface area contributed by atoms with E-state index in [1.165, 1.54) is 24.3 Å². The summed E-state index contributed by atoms with van der Waals surface area (Å²) in [5.74, 6) is 2.31. The zero-order chi connectivity index (χ0) is 17.0. The number of benzene rings is 1. The standard InChI is InChI=1S/C15H18F3N3O/c1-5-12(14(2,3)4)21-13(19)20-10-6-8-11(9-7-10)22-15(16,17)18/h1,6-9,12H,2-4H3,(H3,19,20,21). The Balaban J connectivity index is 2.77. The molecular formula is C15H18F3N3O. The van der Waals surface area contributed by atoms with Gasteiger partial charge in [0.2, 0.25) is 0 Å². The number of hydrogen-bond donors (Lipinski definition) is 2. The van der Waals surface area contributed by atoms with Crippen molar-refractivity contribution in [3.63, 3.8) is 0 Å². The first kappa shape index (κ1) is 17.7. The molecule has 1 aromatic carbocycles. The number of nitrogens with zero attached hydrogens (tertiary/aromatic N) is 1. The Labute approximate surface area is 127 Å². The Bertz CT molecular complexity index is 566. The number of terminal acetylenes is 1. The van der Waals surface area contributed by atoms with E-state index >= 15 is 0 Å². The number of rotatable bonds is 3. The molecule has 0 aliphatic rings. The van der Waals surface area contributed by atoms with Crippen molar-refractivity contribution in [3.05, 3.63) is 24.3 Å². The third-order valence-corrected chi connectivity index (χ3v) is 2.61. The summed E-state index contributed by atoms with van der Waals surface area (Å²) in [6.07, 6.45) is 0.696. The molecule has 0 spiro atoms. The van der Waals surface area contributed by atoms with Crippen molar-refractivity contribution < 1.29 is 17.9 Å². The molecule has 0 aromatic heterocycles. The van der Waals surface area contributed by atoms with Crippen LogP contribution >= 0.6 is 0 Å². The van der Waals surface area contributed by atoms with Crippen molar-refractivity contribution in [2.75, 3.05) is 5.32 Å². The molecule has 1 unspecified atom stereocenters. The maximum atomic E-state index is 12.1. The Morgan fingerprint density at radius 1 is 1.27 bits per heavy atom. The van der Waals surface area contributed by atoms with Gasteiger partial charge in [-0.3, -0.25) is 0 Å². The van der Waals surface area contributed by atoms with Gasteiger partial charge in [0.1, 0.15) is 11.8 Å². The predicted molar refractivity (Wildman–Crippen MR) is 80.4 cm³/mol. The molecule has 120 valence electrons. The number of alkyl halides is 3. The summed E-state index contributed by atoms with van der Waals surface area (Å²) in [7, 11) is 0. The van der Waals surface area contributed by atoms with Gasteiger partial charge in [0.25, 0.3) is 0 Å². The molecule has 0 fully saturated rings. The minimum Gasteiger partial charge on any atom is -0.406 e. The van der Waals surface area contributed by atoms with Crippen LogP contribution in [0.1, 0.15) is 20.8 Å². The molecule has 1 aromatic rings. The van der Waals surface area contributed by atoms with Gasteiger partial charge < -0.3 is 15.8 Å². The Morgan fingerprint density at radius 3 is 2.23 bits per heavy atom. The van der Waals surface area contributed by atoms with Gasteiger partial charge in [-0.15, -0.1) is 19.6 Å². The Hall–Kier alpha value is -2.36. The van der Waals surface area contributed by atoms with E-state index in [9.17, 15) is 13.2 Å². The van der Waals surface area contributed by atoms with Crippen LogP contribution in [0.5, 0.6) is 5.75 Å². The van der Waals surface area contributed by atoms with Gasteiger partial charge >= 0.3 is 6.36 Å². The average Bonchev–Trinajstić information content (AvgIpc) is 2.35. The van der Waals surface area contributed by atoms with Gasteiger partial charge in [-0.2, -0.15) is 0 Å². The lowest BCUT2D eigenvalue weighted by Gasteiger charge is -2.23. The molecule has 1 rings (SSSR count). The molecule has 3 N–H and O–H groups in total. The Morgan fingerprint density at radius 2 is 1.82 bits per heavy atom. The predicted octanol–water partition coefficient (Wildman–Crippen LogP) is 3.36. The first-order valence-electron chi connectivity index (χ1n) is 6.43. The molecule has 0 bridgehead atoms. The normalized spacial score (nSPS) is 14.1. The van der Waals surface area contributed by atoms with Gasteiger partial charge in [-0.25, -0.2) is 4.99 Å². The topological polar surface area (TPSA) is 59.6 Å². The molecule has 22 heavy (non-hydrogen) atoms. The quantitative estimate of drug-likeness (QED) is 0.511. The maximum absolute atomic E-state index is 12.1. The SMILES string of the molecule is C#CC(N=C(N)Nc1ccc(OC(F)(F)F)cc1)C(C)(C)C. The number of aliphatic imine (C=N–C) groups is 1. The minimum absolute atomic E-state index is 0.0855. The summed E-state index contributed by atoms with van der Waals surface area (Å²) in [5, 5.41) is 2.76. The van der Waals surface area contributed by atoms with Crippen LogP contribution in [0.3, 0.4) is 0 Å². The van der Waals surface area contributed by atoms with Gasteiger partial charge in [0.05, 0.1) is 0 Å². The second-order valence-electron chi connectivity index (χ2n) is 5.65. The van der Waals surface area contributed by atoms with Gasteiger partial charge in [0.15, 0.2) is 5.96 Å². The van der Waals surface area contributed by atoms with E-state index in [4.69, 9.17) is 12.2 Å². The minimum atomic E-state index is -4.72. The Kier molecular flexibility index (Phi) is 5.31.